The van der Waals surface area contributed by atoms with E-state index >= 15 is 0 Å². The van der Waals surface area contributed by atoms with Gasteiger partial charge in [0.15, 0.2) is 6.04 Å². The fraction of sp³-hybridized carbons (Fsp3) is 0.444. The number of aliphatic hydroxyl groups is 1. The van der Waals surface area contributed by atoms with E-state index in [2.05, 4.69) is 34.9 Å². The lowest BCUT2D eigenvalue weighted by Gasteiger charge is -2.32. The summed E-state index contributed by atoms with van der Waals surface area (Å²) in [5.41, 5.74) is 4.60. The van der Waals surface area contributed by atoms with E-state index in [0.717, 1.165) is 47.9 Å². The van der Waals surface area contributed by atoms with Crippen LogP contribution in [0.2, 0.25) is 0 Å². The Morgan fingerprint density at radius 2 is 1.60 bits per heavy atom. The van der Waals surface area contributed by atoms with Gasteiger partial charge in [0.25, 0.3) is 0 Å². The van der Waals surface area contributed by atoms with Crippen LogP contribution < -0.4 is 10.6 Å². The number of hydrogen-bond acceptors (Lipinski definition) is 5. The number of ether oxygens (including phenoxy) is 1. The van der Waals surface area contributed by atoms with Crippen molar-refractivity contribution in [3.8, 4) is 11.1 Å². The molecule has 8 heteroatoms. The van der Waals surface area contributed by atoms with E-state index in [1.165, 1.54) is 6.92 Å². The molecular formula is C27H32N2O6. The highest BCUT2D eigenvalue weighted by molar-refractivity contribution is 5.84. The van der Waals surface area contributed by atoms with E-state index in [1.807, 2.05) is 24.3 Å². The van der Waals surface area contributed by atoms with Crippen molar-refractivity contribution in [2.24, 2.45) is 5.92 Å². The average Bonchev–Trinajstić information content (AvgIpc) is 3.16. The van der Waals surface area contributed by atoms with Crippen LogP contribution in [0.4, 0.5) is 4.79 Å². The van der Waals surface area contributed by atoms with E-state index in [4.69, 9.17) is 4.74 Å². The first-order chi connectivity index (χ1) is 16.8. The zero-order valence-corrected chi connectivity index (χ0v) is 19.8. The molecule has 1 saturated carbocycles. The van der Waals surface area contributed by atoms with Crippen LogP contribution in [0.25, 0.3) is 11.1 Å². The van der Waals surface area contributed by atoms with Gasteiger partial charge in [0.2, 0.25) is 5.91 Å². The van der Waals surface area contributed by atoms with E-state index in [0.29, 0.717) is 0 Å². The Balaban J connectivity index is 1.35. The maximum atomic E-state index is 12.7. The second-order valence-corrected chi connectivity index (χ2v) is 9.45. The number of aliphatic carboxylic acids is 1. The van der Waals surface area contributed by atoms with Crippen molar-refractivity contribution in [1.82, 2.24) is 10.6 Å². The first-order valence-corrected chi connectivity index (χ1v) is 12.2. The van der Waals surface area contributed by atoms with Crippen molar-refractivity contribution in [3.05, 3.63) is 59.7 Å². The minimum absolute atomic E-state index is 0.0329. The van der Waals surface area contributed by atoms with Crippen LogP contribution >= 0.6 is 0 Å². The fourth-order valence-corrected chi connectivity index (χ4v) is 5.29. The second kappa shape index (κ2) is 10.9. The molecule has 8 nitrogen and oxygen atoms in total. The Hall–Kier alpha value is -3.39. The summed E-state index contributed by atoms with van der Waals surface area (Å²) in [7, 11) is 0. The maximum absolute atomic E-state index is 12.7. The number of rotatable bonds is 8. The number of hydrogen-bond donors (Lipinski definition) is 4. The quantitative estimate of drug-likeness (QED) is 0.459. The molecule has 0 aliphatic heterocycles. The fourth-order valence-electron chi connectivity index (χ4n) is 5.29. The highest BCUT2D eigenvalue weighted by Crippen LogP contribution is 2.44. The molecule has 0 saturated heterocycles. The molecule has 4 rings (SSSR count). The lowest BCUT2D eigenvalue weighted by atomic mass is 9.82. The molecule has 0 bridgehead atoms. The molecule has 4 atom stereocenters. The summed E-state index contributed by atoms with van der Waals surface area (Å²) >= 11 is 0. The Morgan fingerprint density at radius 1 is 1.00 bits per heavy atom. The van der Waals surface area contributed by atoms with Crippen LogP contribution in [0, 0.1) is 5.92 Å². The SMILES string of the molecule is C[C@@H](O)[C@H](NC(=O)CC1CCCCC1NC(=O)OCC1c2ccccc2-c2ccccc21)C(=O)O. The molecule has 0 spiro atoms. The van der Waals surface area contributed by atoms with Crippen molar-refractivity contribution in [3.63, 3.8) is 0 Å². The molecular weight excluding hydrogens is 448 g/mol. The van der Waals surface area contributed by atoms with E-state index in [-0.39, 0.29) is 30.9 Å². The van der Waals surface area contributed by atoms with E-state index in [9.17, 15) is 24.6 Å². The Bertz CT molecular complexity index is 1040. The molecule has 1 fully saturated rings. The Morgan fingerprint density at radius 3 is 2.20 bits per heavy atom. The van der Waals surface area contributed by atoms with Crippen molar-refractivity contribution in [1.29, 1.82) is 0 Å². The Labute approximate surface area is 204 Å². The molecule has 0 heterocycles. The van der Waals surface area contributed by atoms with Gasteiger partial charge in [-0.05, 0) is 47.9 Å². The van der Waals surface area contributed by atoms with Crippen molar-refractivity contribution >= 4 is 18.0 Å². The van der Waals surface area contributed by atoms with Crippen LogP contribution in [0.3, 0.4) is 0 Å². The molecule has 2 aliphatic carbocycles. The van der Waals surface area contributed by atoms with Crippen LogP contribution in [-0.2, 0) is 14.3 Å². The average molecular weight is 481 g/mol. The zero-order valence-electron chi connectivity index (χ0n) is 19.8. The number of amides is 2. The molecule has 2 aromatic carbocycles. The number of aliphatic hydroxyl groups excluding tert-OH is 1. The van der Waals surface area contributed by atoms with Crippen LogP contribution in [-0.4, -0.2) is 53.0 Å². The first kappa shape index (κ1) is 24.7. The standard InChI is InChI=1S/C27H32N2O6/c1-16(30)25(26(32)33)29-24(31)14-17-8-2-7-13-23(17)28-27(34)35-15-22-20-11-5-3-9-18(20)19-10-4-6-12-21(19)22/h3-6,9-12,16-17,22-23,25,30H,2,7-8,13-15H2,1H3,(H,28,34)(H,29,31)(H,32,33)/t16-,17?,23?,25+/m1/s1. The smallest absolute Gasteiger partial charge is 0.407 e. The van der Waals surface area contributed by atoms with Gasteiger partial charge in [0.05, 0.1) is 6.10 Å². The number of carbonyl (C=O) groups excluding carboxylic acids is 2. The number of carboxylic acids is 1. The van der Waals surface area contributed by atoms with E-state index in [1.54, 1.807) is 0 Å². The second-order valence-electron chi connectivity index (χ2n) is 9.45. The third kappa shape index (κ3) is 5.65. The predicted molar refractivity (Wildman–Crippen MR) is 130 cm³/mol. The highest BCUT2D eigenvalue weighted by Gasteiger charge is 2.33. The number of fused-ring (bicyclic) bond motifs is 3. The van der Waals surface area contributed by atoms with Gasteiger partial charge in [-0.15, -0.1) is 0 Å². The lowest BCUT2D eigenvalue weighted by Crippen LogP contribution is -2.49. The van der Waals surface area contributed by atoms with Crippen LogP contribution in [0.15, 0.2) is 48.5 Å². The minimum Gasteiger partial charge on any atom is -0.480 e. The number of carboxylic acid groups (broad SMARTS) is 1. The summed E-state index contributed by atoms with van der Waals surface area (Å²) in [4.78, 5) is 36.5. The summed E-state index contributed by atoms with van der Waals surface area (Å²) in [6, 6.07) is 14.7. The molecule has 2 unspecified atom stereocenters. The molecule has 2 aliphatic rings. The van der Waals surface area contributed by atoms with Gasteiger partial charge < -0.3 is 25.6 Å². The van der Waals surface area contributed by atoms with Gasteiger partial charge in [-0.3, -0.25) is 4.79 Å². The number of alkyl carbamates (subject to hydrolysis) is 1. The predicted octanol–water partition coefficient (Wildman–Crippen LogP) is 3.42. The summed E-state index contributed by atoms with van der Waals surface area (Å²) < 4.78 is 5.66. The number of carbonyl (C=O) groups is 3. The van der Waals surface area contributed by atoms with Crippen molar-refractivity contribution < 1.29 is 29.3 Å². The summed E-state index contributed by atoms with van der Waals surface area (Å²) in [5.74, 6) is -1.91. The molecule has 35 heavy (non-hydrogen) atoms. The molecule has 4 N–H and O–H groups in total. The molecule has 0 aromatic heterocycles. The Kier molecular flexibility index (Phi) is 7.70. The third-order valence-corrected chi connectivity index (χ3v) is 7.07. The normalized spacial score (nSPS) is 20.7. The third-order valence-electron chi connectivity index (χ3n) is 7.07. The summed E-state index contributed by atoms with van der Waals surface area (Å²) in [6.45, 7) is 1.54. The summed E-state index contributed by atoms with van der Waals surface area (Å²) in [5, 5.41) is 24.1. The van der Waals surface area contributed by atoms with Crippen LogP contribution in [0.5, 0.6) is 0 Å². The van der Waals surface area contributed by atoms with Gasteiger partial charge in [0, 0.05) is 18.4 Å². The first-order valence-electron chi connectivity index (χ1n) is 12.2. The monoisotopic (exact) mass is 480 g/mol. The van der Waals surface area contributed by atoms with Crippen molar-refractivity contribution in [2.45, 2.75) is 63.1 Å². The maximum Gasteiger partial charge on any atom is 0.407 e. The molecule has 2 amide bonds. The van der Waals surface area contributed by atoms with Gasteiger partial charge in [0.1, 0.15) is 6.61 Å². The number of nitrogens with one attached hydrogen (secondary N) is 2. The molecule has 2 aromatic rings. The zero-order chi connectivity index (χ0) is 24.9. The molecule has 186 valence electrons. The molecule has 0 radical (unpaired) electrons. The minimum atomic E-state index is -1.36. The van der Waals surface area contributed by atoms with Crippen LogP contribution in [0.1, 0.15) is 56.1 Å². The van der Waals surface area contributed by atoms with Gasteiger partial charge in [-0.25, -0.2) is 9.59 Å². The number of benzene rings is 2. The summed E-state index contributed by atoms with van der Waals surface area (Å²) in [6.07, 6.45) is 1.67. The highest BCUT2D eigenvalue weighted by atomic mass is 16.5. The van der Waals surface area contributed by atoms with Gasteiger partial charge in [-0.1, -0.05) is 61.4 Å². The van der Waals surface area contributed by atoms with Gasteiger partial charge in [-0.2, -0.15) is 0 Å². The van der Waals surface area contributed by atoms with E-state index < -0.39 is 30.1 Å². The lowest BCUT2D eigenvalue weighted by molar-refractivity contribution is -0.145. The largest absolute Gasteiger partial charge is 0.480 e. The van der Waals surface area contributed by atoms with Crippen molar-refractivity contribution in [2.75, 3.05) is 6.61 Å². The van der Waals surface area contributed by atoms with Gasteiger partial charge >= 0.3 is 12.1 Å². The topological polar surface area (TPSA) is 125 Å².